The third-order valence-electron chi connectivity index (χ3n) is 3.11. The average molecular weight is 228 g/mol. The van der Waals surface area contributed by atoms with Gasteiger partial charge in [-0.3, -0.25) is 0 Å². The van der Waals surface area contributed by atoms with Crippen molar-refractivity contribution in [2.24, 2.45) is 5.92 Å². The van der Waals surface area contributed by atoms with E-state index in [1.165, 1.54) is 25.7 Å². The molecule has 2 unspecified atom stereocenters. The maximum Gasteiger partial charge on any atom is 0.0220 e. The summed E-state index contributed by atoms with van der Waals surface area (Å²) in [4.78, 5) is 2.27. The van der Waals surface area contributed by atoms with Crippen LogP contribution in [0.5, 0.6) is 0 Å². The van der Waals surface area contributed by atoms with Crippen LogP contribution in [-0.2, 0) is 0 Å². The molecule has 2 nitrogen and oxygen atoms in total. The van der Waals surface area contributed by atoms with E-state index in [9.17, 15) is 0 Å². The van der Waals surface area contributed by atoms with Crippen molar-refractivity contribution in [3.8, 4) is 0 Å². The van der Waals surface area contributed by atoms with Gasteiger partial charge >= 0.3 is 0 Å². The molecule has 0 aromatic heterocycles. The van der Waals surface area contributed by atoms with Crippen LogP contribution >= 0.6 is 0 Å². The molecule has 0 bridgehead atoms. The van der Waals surface area contributed by atoms with Gasteiger partial charge in [0.05, 0.1) is 0 Å². The van der Waals surface area contributed by atoms with Crippen LogP contribution < -0.4 is 5.32 Å². The van der Waals surface area contributed by atoms with Crippen molar-refractivity contribution in [3.63, 3.8) is 0 Å². The van der Waals surface area contributed by atoms with Crippen LogP contribution in [0.1, 0.15) is 53.4 Å². The molecule has 2 atom stereocenters. The Morgan fingerprint density at radius 2 is 1.69 bits per heavy atom. The Kier molecular flexibility index (Phi) is 8.96. The van der Waals surface area contributed by atoms with Gasteiger partial charge < -0.3 is 10.2 Å². The van der Waals surface area contributed by atoms with Gasteiger partial charge in [-0.15, -0.1) is 0 Å². The lowest BCUT2D eigenvalue weighted by atomic mass is 10.0. The fraction of sp³-hybridized carbons (Fsp3) is 1.00. The molecule has 0 rings (SSSR count). The highest BCUT2D eigenvalue weighted by Gasteiger charge is 2.16. The molecule has 0 heterocycles. The smallest absolute Gasteiger partial charge is 0.0220 e. The van der Waals surface area contributed by atoms with Crippen molar-refractivity contribution in [1.82, 2.24) is 10.2 Å². The molecule has 0 aromatic carbocycles. The number of rotatable bonds is 9. The molecule has 0 aliphatic carbocycles. The Balaban J connectivity index is 3.88. The summed E-state index contributed by atoms with van der Waals surface area (Å²) < 4.78 is 0. The molecule has 0 aromatic rings. The first kappa shape index (κ1) is 15.9. The Hall–Kier alpha value is -0.0800. The van der Waals surface area contributed by atoms with Crippen molar-refractivity contribution in [1.29, 1.82) is 0 Å². The maximum absolute atomic E-state index is 3.76. The van der Waals surface area contributed by atoms with Crippen LogP contribution in [0, 0.1) is 5.92 Å². The fourth-order valence-electron chi connectivity index (χ4n) is 2.00. The van der Waals surface area contributed by atoms with Gasteiger partial charge in [0.1, 0.15) is 0 Å². The zero-order valence-corrected chi connectivity index (χ0v) is 12.2. The molecule has 0 aliphatic heterocycles. The molecule has 0 saturated carbocycles. The second-order valence-electron chi connectivity index (χ2n) is 5.68. The van der Waals surface area contributed by atoms with E-state index in [1.54, 1.807) is 0 Å². The molecule has 1 N–H and O–H groups in total. The largest absolute Gasteiger partial charge is 0.310 e. The van der Waals surface area contributed by atoms with Gasteiger partial charge in [-0.2, -0.15) is 0 Å². The van der Waals surface area contributed by atoms with E-state index in [-0.39, 0.29) is 0 Å². The van der Waals surface area contributed by atoms with Gasteiger partial charge in [0.2, 0.25) is 0 Å². The summed E-state index contributed by atoms with van der Waals surface area (Å²) >= 11 is 0. The zero-order chi connectivity index (χ0) is 12.6. The van der Waals surface area contributed by atoms with Crippen LogP contribution in [-0.4, -0.2) is 37.6 Å². The van der Waals surface area contributed by atoms with E-state index in [4.69, 9.17) is 0 Å². The number of likely N-dealkylation sites (N-methyl/N-ethyl adjacent to an activating group) is 1. The van der Waals surface area contributed by atoms with Crippen LogP contribution in [0.2, 0.25) is 0 Å². The van der Waals surface area contributed by atoms with Gasteiger partial charge in [0.15, 0.2) is 0 Å². The summed E-state index contributed by atoms with van der Waals surface area (Å²) in [6.07, 6.45) is 5.35. The predicted octanol–water partition coefficient (Wildman–Crippen LogP) is 3.13. The predicted molar refractivity (Wildman–Crippen MR) is 73.9 cm³/mol. The monoisotopic (exact) mass is 228 g/mol. The number of hydrogen-bond acceptors (Lipinski definition) is 2. The summed E-state index contributed by atoms with van der Waals surface area (Å²) in [5.74, 6) is 0.705. The van der Waals surface area contributed by atoms with Gasteiger partial charge in [0.25, 0.3) is 0 Å². The van der Waals surface area contributed by atoms with Crippen LogP contribution in [0.15, 0.2) is 0 Å². The first-order chi connectivity index (χ1) is 7.47. The lowest BCUT2D eigenvalue weighted by Gasteiger charge is -2.29. The SMILES string of the molecule is CCCCCC(C)NC(CN(C)C)C(C)C. The van der Waals surface area contributed by atoms with Crippen LogP contribution in [0.4, 0.5) is 0 Å². The van der Waals surface area contributed by atoms with E-state index < -0.39 is 0 Å². The molecule has 2 heteroatoms. The molecule has 0 fully saturated rings. The number of unbranched alkanes of at least 4 members (excludes halogenated alkanes) is 2. The Labute approximate surface area is 103 Å². The number of hydrogen-bond donors (Lipinski definition) is 1. The third-order valence-corrected chi connectivity index (χ3v) is 3.11. The van der Waals surface area contributed by atoms with E-state index in [0.29, 0.717) is 18.0 Å². The minimum absolute atomic E-state index is 0.617. The van der Waals surface area contributed by atoms with Gasteiger partial charge in [0, 0.05) is 18.6 Å². The first-order valence-electron chi connectivity index (χ1n) is 6.88. The third kappa shape index (κ3) is 8.12. The normalized spacial score (nSPS) is 15.8. The van der Waals surface area contributed by atoms with E-state index in [1.807, 2.05) is 0 Å². The van der Waals surface area contributed by atoms with Crippen LogP contribution in [0.25, 0.3) is 0 Å². The first-order valence-corrected chi connectivity index (χ1v) is 6.88. The van der Waals surface area contributed by atoms with Crippen molar-refractivity contribution in [2.75, 3.05) is 20.6 Å². The Bertz CT molecular complexity index is 155. The lowest BCUT2D eigenvalue weighted by Crippen LogP contribution is -2.45. The molecule has 0 amide bonds. The molecule has 0 radical (unpaired) electrons. The lowest BCUT2D eigenvalue weighted by molar-refractivity contribution is 0.267. The summed E-state index contributed by atoms with van der Waals surface area (Å²) in [7, 11) is 4.30. The minimum atomic E-state index is 0.617. The molecular formula is C14H32N2. The standard InChI is InChI=1S/C14H32N2/c1-7-8-9-10-13(4)15-14(12(2)3)11-16(5)6/h12-15H,7-11H2,1-6H3. The minimum Gasteiger partial charge on any atom is -0.310 e. The van der Waals surface area contributed by atoms with E-state index >= 15 is 0 Å². The molecular weight excluding hydrogens is 196 g/mol. The fourth-order valence-corrected chi connectivity index (χ4v) is 2.00. The van der Waals surface area contributed by atoms with Gasteiger partial charge in [-0.25, -0.2) is 0 Å². The molecule has 16 heavy (non-hydrogen) atoms. The highest BCUT2D eigenvalue weighted by molar-refractivity contribution is 4.76. The van der Waals surface area contributed by atoms with E-state index in [0.717, 1.165) is 6.54 Å². The molecule has 0 aliphatic rings. The zero-order valence-electron chi connectivity index (χ0n) is 12.2. The summed E-state index contributed by atoms with van der Waals surface area (Å²) in [6.45, 7) is 10.3. The van der Waals surface area contributed by atoms with Crippen molar-refractivity contribution < 1.29 is 0 Å². The van der Waals surface area contributed by atoms with Crippen molar-refractivity contribution >= 4 is 0 Å². The summed E-state index contributed by atoms with van der Waals surface area (Å²) in [5.41, 5.74) is 0. The molecule has 0 spiro atoms. The Morgan fingerprint density at radius 1 is 1.06 bits per heavy atom. The average Bonchev–Trinajstić information content (AvgIpc) is 2.16. The number of nitrogens with zero attached hydrogens (tertiary/aromatic N) is 1. The highest BCUT2D eigenvalue weighted by atomic mass is 15.1. The highest BCUT2D eigenvalue weighted by Crippen LogP contribution is 2.08. The molecule has 98 valence electrons. The second-order valence-corrected chi connectivity index (χ2v) is 5.68. The van der Waals surface area contributed by atoms with Crippen molar-refractivity contribution in [2.45, 2.75) is 65.5 Å². The summed E-state index contributed by atoms with van der Waals surface area (Å²) in [6, 6.07) is 1.27. The molecule has 0 saturated heterocycles. The van der Waals surface area contributed by atoms with E-state index in [2.05, 4.69) is 52.0 Å². The van der Waals surface area contributed by atoms with Gasteiger partial charge in [-0.05, 0) is 33.4 Å². The van der Waals surface area contributed by atoms with Crippen molar-refractivity contribution in [3.05, 3.63) is 0 Å². The number of nitrogens with one attached hydrogen (secondary N) is 1. The second kappa shape index (κ2) is 9.00. The van der Waals surface area contributed by atoms with Gasteiger partial charge in [-0.1, -0.05) is 40.0 Å². The maximum atomic E-state index is 3.76. The quantitative estimate of drug-likeness (QED) is 0.610. The summed E-state index contributed by atoms with van der Waals surface area (Å²) in [5, 5.41) is 3.76. The topological polar surface area (TPSA) is 15.3 Å². The Morgan fingerprint density at radius 3 is 2.12 bits per heavy atom. The van der Waals surface area contributed by atoms with Crippen LogP contribution in [0.3, 0.4) is 0 Å².